The van der Waals surface area contributed by atoms with Crippen molar-refractivity contribution < 1.29 is 0 Å². The second-order valence-corrected chi connectivity index (χ2v) is 5.12. The number of hydrogen-bond donors (Lipinski definition) is 0. The van der Waals surface area contributed by atoms with Crippen LogP contribution in [0.25, 0.3) is 0 Å². The van der Waals surface area contributed by atoms with Crippen LogP contribution in [0.15, 0.2) is 18.2 Å². The molecule has 1 aliphatic heterocycles. The highest BCUT2D eigenvalue weighted by Gasteiger charge is 2.18. The van der Waals surface area contributed by atoms with Crippen LogP contribution < -0.4 is 0 Å². The molecule has 1 atom stereocenters. The molecule has 1 aromatic carbocycles. The Morgan fingerprint density at radius 1 is 1.20 bits per heavy atom. The number of hydrogen-bond acceptors (Lipinski definition) is 1. The smallest absolute Gasteiger partial charge is 0.0234 e. The summed E-state index contributed by atoms with van der Waals surface area (Å²) >= 11 is 0. The Morgan fingerprint density at radius 2 is 1.87 bits per heavy atom. The third-order valence-corrected chi connectivity index (χ3v) is 3.20. The van der Waals surface area contributed by atoms with Crippen LogP contribution in [0.3, 0.4) is 0 Å². The quantitative estimate of drug-likeness (QED) is 0.713. The second-order valence-electron chi connectivity index (χ2n) is 5.12. The van der Waals surface area contributed by atoms with Gasteiger partial charge in [-0.25, -0.2) is 0 Å². The van der Waals surface area contributed by atoms with Crippen molar-refractivity contribution in [3.63, 3.8) is 0 Å². The van der Waals surface area contributed by atoms with E-state index in [0.717, 1.165) is 12.5 Å². The van der Waals surface area contributed by atoms with E-state index in [0.29, 0.717) is 0 Å². The van der Waals surface area contributed by atoms with Crippen molar-refractivity contribution in [1.29, 1.82) is 0 Å². The molecule has 1 aromatic rings. The third-order valence-electron chi connectivity index (χ3n) is 3.20. The van der Waals surface area contributed by atoms with Crippen molar-refractivity contribution in [2.24, 2.45) is 5.92 Å². The summed E-state index contributed by atoms with van der Waals surface area (Å²) in [5.41, 5.74) is 4.25. The predicted molar refractivity (Wildman–Crippen MR) is 65.0 cm³/mol. The van der Waals surface area contributed by atoms with Gasteiger partial charge < -0.3 is 0 Å². The molecule has 82 valence electrons. The molecule has 1 unspecified atom stereocenters. The molecule has 0 aromatic heterocycles. The lowest BCUT2D eigenvalue weighted by atomic mass is 10.1. The molecule has 1 saturated heterocycles. The summed E-state index contributed by atoms with van der Waals surface area (Å²) in [5.74, 6) is 0.885. The fourth-order valence-corrected chi connectivity index (χ4v) is 2.59. The van der Waals surface area contributed by atoms with Gasteiger partial charge in [-0.3, -0.25) is 4.90 Å². The van der Waals surface area contributed by atoms with Crippen molar-refractivity contribution in [3.05, 3.63) is 34.9 Å². The van der Waals surface area contributed by atoms with Gasteiger partial charge in [-0.15, -0.1) is 0 Å². The van der Waals surface area contributed by atoms with E-state index in [-0.39, 0.29) is 0 Å². The zero-order valence-electron chi connectivity index (χ0n) is 10.1. The first kappa shape index (κ1) is 10.7. The molecular weight excluding hydrogens is 182 g/mol. The SMILES string of the molecule is Cc1cc(C)cc(CN2CCC(C)C2)c1. The molecule has 0 spiro atoms. The van der Waals surface area contributed by atoms with Crippen LogP contribution in [0, 0.1) is 19.8 Å². The molecule has 0 radical (unpaired) electrons. The molecule has 1 fully saturated rings. The molecule has 0 amide bonds. The minimum atomic E-state index is 0.885. The van der Waals surface area contributed by atoms with Crippen LogP contribution >= 0.6 is 0 Å². The average molecular weight is 203 g/mol. The van der Waals surface area contributed by atoms with Gasteiger partial charge in [-0.2, -0.15) is 0 Å². The molecule has 1 heterocycles. The van der Waals surface area contributed by atoms with Crippen molar-refractivity contribution in [1.82, 2.24) is 4.90 Å². The number of rotatable bonds is 2. The molecule has 1 heteroatoms. The molecule has 15 heavy (non-hydrogen) atoms. The first-order chi connectivity index (χ1) is 7.13. The van der Waals surface area contributed by atoms with Crippen LogP contribution in [0.5, 0.6) is 0 Å². The normalized spacial score (nSPS) is 22.2. The van der Waals surface area contributed by atoms with Crippen molar-refractivity contribution in [2.45, 2.75) is 33.7 Å². The van der Waals surface area contributed by atoms with Gasteiger partial charge in [0.25, 0.3) is 0 Å². The highest BCUT2D eigenvalue weighted by Crippen LogP contribution is 2.18. The average Bonchev–Trinajstić information content (AvgIpc) is 2.49. The fraction of sp³-hybridized carbons (Fsp3) is 0.571. The third kappa shape index (κ3) is 2.82. The molecule has 0 N–H and O–H groups in total. The van der Waals surface area contributed by atoms with Crippen LogP contribution in [-0.4, -0.2) is 18.0 Å². The standard InChI is InChI=1S/C14H21N/c1-11-4-5-15(9-11)10-14-7-12(2)6-13(3)8-14/h6-8,11H,4-5,9-10H2,1-3H3. The molecule has 1 aliphatic rings. The summed E-state index contributed by atoms with van der Waals surface area (Å²) in [7, 11) is 0. The number of aryl methyl sites for hydroxylation is 2. The summed E-state index contributed by atoms with van der Waals surface area (Å²) in [6.45, 7) is 10.4. The largest absolute Gasteiger partial charge is 0.299 e. The molecule has 0 bridgehead atoms. The summed E-state index contributed by atoms with van der Waals surface area (Å²) in [6.07, 6.45) is 1.37. The van der Waals surface area contributed by atoms with E-state index in [1.165, 1.54) is 36.2 Å². The van der Waals surface area contributed by atoms with Gasteiger partial charge >= 0.3 is 0 Å². The zero-order chi connectivity index (χ0) is 10.8. The van der Waals surface area contributed by atoms with Gasteiger partial charge in [0, 0.05) is 13.1 Å². The Hall–Kier alpha value is -0.820. The van der Waals surface area contributed by atoms with E-state index in [1.54, 1.807) is 0 Å². The Kier molecular flexibility index (Phi) is 3.11. The zero-order valence-corrected chi connectivity index (χ0v) is 10.1. The lowest BCUT2D eigenvalue weighted by Crippen LogP contribution is -2.19. The van der Waals surface area contributed by atoms with E-state index < -0.39 is 0 Å². The maximum absolute atomic E-state index is 2.57. The van der Waals surface area contributed by atoms with Crippen molar-refractivity contribution in [3.8, 4) is 0 Å². The Bertz CT molecular complexity index is 323. The maximum atomic E-state index is 2.57. The van der Waals surface area contributed by atoms with E-state index in [2.05, 4.69) is 43.9 Å². The second kappa shape index (κ2) is 4.36. The van der Waals surface area contributed by atoms with Gasteiger partial charge in [-0.05, 0) is 38.3 Å². The highest BCUT2D eigenvalue weighted by atomic mass is 15.1. The van der Waals surface area contributed by atoms with Gasteiger partial charge in [0.15, 0.2) is 0 Å². The van der Waals surface area contributed by atoms with E-state index in [9.17, 15) is 0 Å². The minimum Gasteiger partial charge on any atom is -0.299 e. The lowest BCUT2D eigenvalue weighted by molar-refractivity contribution is 0.320. The van der Waals surface area contributed by atoms with Gasteiger partial charge in [0.2, 0.25) is 0 Å². The van der Waals surface area contributed by atoms with Crippen LogP contribution in [0.4, 0.5) is 0 Å². The van der Waals surface area contributed by atoms with Crippen molar-refractivity contribution >= 4 is 0 Å². The summed E-state index contributed by atoms with van der Waals surface area (Å²) < 4.78 is 0. The summed E-state index contributed by atoms with van der Waals surface area (Å²) in [5, 5.41) is 0. The Morgan fingerprint density at radius 3 is 2.40 bits per heavy atom. The van der Waals surface area contributed by atoms with E-state index in [4.69, 9.17) is 0 Å². The molecule has 1 nitrogen and oxygen atoms in total. The first-order valence-corrected chi connectivity index (χ1v) is 5.93. The number of likely N-dealkylation sites (tertiary alicyclic amines) is 1. The predicted octanol–water partition coefficient (Wildman–Crippen LogP) is 3.15. The molecule has 2 rings (SSSR count). The number of benzene rings is 1. The Balaban J connectivity index is 2.04. The van der Waals surface area contributed by atoms with Crippen LogP contribution in [0.2, 0.25) is 0 Å². The van der Waals surface area contributed by atoms with E-state index >= 15 is 0 Å². The monoisotopic (exact) mass is 203 g/mol. The number of nitrogens with zero attached hydrogens (tertiary/aromatic N) is 1. The molecular formula is C14H21N. The van der Waals surface area contributed by atoms with Gasteiger partial charge in [-0.1, -0.05) is 36.2 Å². The topological polar surface area (TPSA) is 3.24 Å². The van der Waals surface area contributed by atoms with Crippen molar-refractivity contribution in [2.75, 3.05) is 13.1 Å². The van der Waals surface area contributed by atoms with E-state index in [1.807, 2.05) is 0 Å². The van der Waals surface area contributed by atoms with Gasteiger partial charge in [0.05, 0.1) is 0 Å². The lowest BCUT2D eigenvalue weighted by Gasteiger charge is -2.16. The summed E-state index contributed by atoms with van der Waals surface area (Å²) in [4.78, 5) is 2.57. The maximum Gasteiger partial charge on any atom is 0.0234 e. The fourth-order valence-electron chi connectivity index (χ4n) is 2.59. The first-order valence-electron chi connectivity index (χ1n) is 5.93. The molecule has 0 aliphatic carbocycles. The highest BCUT2D eigenvalue weighted by molar-refractivity contribution is 5.28. The van der Waals surface area contributed by atoms with Crippen LogP contribution in [-0.2, 0) is 6.54 Å². The van der Waals surface area contributed by atoms with Crippen LogP contribution in [0.1, 0.15) is 30.0 Å². The molecule has 0 saturated carbocycles. The Labute approximate surface area is 93.1 Å². The van der Waals surface area contributed by atoms with Gasteiger partial charge in [0.1, 0.15) is 0 Å². The minimum absolute atomic E-state index is 0.885. The summed E-state index contributed by atoms with van der Waals surface area (Å²) in [6, 6.07) is 6.88.